The molecule has 1 aliphatic heterocycles. The van der Waals surface area contributed by atoms with Crippen LogP contribution in [0, 0.1) is 0 Å². The molecule has 8 nitrogen and oxygen atoms in total. The standard InChI is InChI=1S/C23H28ClN3O5S/c1-4-33(29,30)26-17-8-10-27(11-9-17)23(28)15-25-21-13-19(20(24)14-22(21)32-3)16-6-5-7-18(12-16)31-2/h4-7,12-14,17,25-26H,1,8-11,15H2,2-3H3. The van der Waals surface area contributed by atoms with Crippen LogP contribution >= 0.6 is 11.6 Å². The summed E-state index contributed by atoms with van der Waals surface area (Å²) in [6.45, 7) is 4.31. The van der Waals surface area contributed by atoms with Gasteiger partial charge in [0.05, 0.1) is 31.5 Å². The molecule has 2 N–H and O–H groups in total. The lowest BCUT2D eigenvalue weighted by Gasteiger charge is -2.32. The number of benzene rings is 2. The van der Waals surface area contributed by atoms with Crippen LogP contribution in [0.5, 0.6) is 11.5 Å². The molecule has 0 spiro atoms. The van der Waals surface area contributed by atoms with E-state index in [0.717, 1.165) is 16.5 Å². The number of amides is 1. The molecule has 3 rings (SSSR count). The summed E-state index contributed by atoms with van der Waals surface area (Å²) in [6.07, 6.45) is 1.09. The average molecular weight is 494 g/mol. The monoisotopic (exact) mass is 493 g/mol. The highest BCUT2D eigenvalue weighted by Gasteiger charge is 2.25. The maximum atomic E-state index is 12.7. The molecule has 1 saturated heterocycles. The Balaban J connectivity index is 1.67. The smallest absolute Gasteiger partial charge is 0.241 e. The Morgan fingerprint density at radius 2 is 1.94 bits per heavy atom. The van der Waals surface area contributed by atoms with E-state index in [1.54, 1.807) is 25.2 Å². The quantitative estimate of drug-likeness (QED) is 0.555. The van der Waals surface area contributed by atoms with Crippen molar-refractivity contribution in [2.45, 2.75) is 18.9 Å². The number of rotatable bonds is 9. The van der Waals surface area contributed by atoms with Crippen molar-refractivity contribution in [3.8, 4) is 22.6 Å². The fourth-order valence-electron chi connectivity index (χ4n) is 3.68. The number of hydrogen-bond acceptors (Lipinski definition) is 6. The third kappa shape index (κ3) is 6.40. The van der Waals surface area contributed by atoms with Gasteiger partial charge >= 0.3 is 0 Å². The second-order valence-corrected chi connectivity index (χ2v) is 9.67. The molecule has 1 amide bonds. The number of ether oxygens (including phenoxy) is 2. The minimum atomic E-state index is -3.48. The van der Waals surface area contributed by atoms with E-state index < -0.39 is 10.0 Å². The lowest BCUT2D eigenvalue weighted by atomic mass is 10.0. The molecule has 33 heavy (non-hydrogen) atoms. The first-order chi connectivity index (χ1) is 15.8. The second-order valence-electron chi connectivity index (χ2n) is 7.60. The molecular formula is C23H28ClN3O5S. The summed E-state index contributed by atoms with van der Waals surface area (Å²) in [5.41, 5.74) is 2.30. The van der Waals surface area contributed by atoms with Gasteiger partial charge in [-0.2, -0.15) is 0 Å². The van der Waals surface area contributed by atoms with Gasteiger partial charge in [-0.1, -0.05) is 30.3 Å². The number of likely N-dealkylation sites (tertiary alicyclic amines) is 1. The molecule has 0 aliphatic carbocycles. The van der Waals surface area contributed by atoms with Crippen LogP contribution in [-0.4, -0.2) is 59.1 Å². The highest BCUT2D eigenvalue weighted by Crippen LogP contribution is 2.38. The van der Waals surface area contributed by atoms with Gasteiger partial charge in [0.2, 0.25) is 15.9 Å². The Labute approximate surface area is 199 Å². The van der Waals surface area contributed by atoms with Gasteiger partial charge in [0, 0.05) is 36.2 Å². The topological polar surface area (TPSA) is 97.0 Å². The summed E-state index contributed by atoms with van der Waals surface area (Å²) in [6, 6.07) is 10.9. The van der Waals surface area contributed by atoms with E-state index in [1.807, 2.05) is 30.3 Å². The third-order valence-electron chi connectivity index (χ3n) is 5.50. The number of carbonyl (C=O) groups is 1. The van der Waals surface area contributed by atoms with Crippen molar-refractivity contribution >= 4 is 33.2 Å². The minimum Gasteiger partial charge on any atom is -0.497 e. The summed E-state index contributed by atoms with van der Waals surface area (Å²) in [7, 11) is -0.338. The lowest BCUT2D eigenvalue weighted by Crippen LogP contribution is -2.47. The van der Waals surface area contributed by atoms with Gasteiger partial charge in [-0.15, -0.1) is 0 Å². The predicted molar refractivity (Wildman–Crippen MR) is 130 cm³/mol. The Morgan fingerprint density at radius 1 is 1.21 bits per heavy atom. The van der Waals surface area contributed by atoms with Crippen LogP contribution in [0.15, 0.2) is 48.4 Å². The molecule has 2 aromatic rings. The number of methoxy groups -OCH3 is 2. The van der Waals surface area contributed by atoms with E-state index >= 15 is 0 Å². The summed E-state index contributed by atoms with van der Waals surface area (Å²) in [4.78, 5) is 14.5. The van der Waals surface area contributed by atoms with E-state index in [1.165, 1.54) is 0 Å². The van der Waals surface area contributed by atoms with Crippen LogP contribution < -0.4 is 19.5 Å². The third-order valence-corrected chi connectivity index (χ3v) is 6.91. The van der Waals surface area contributed by atoms with Crippen molar-refractivity contribution in [1.82, 2.24) is 9.62 Å². The number of halogens is 1. The number of sulfonamides is 1. The van der Waals surface area contributed by atoms with Crippen LogP contribution in [0.1, 0.15) is 12.8 Å². The molecule has 0 aromatic heterocycles. The maximum absolute atomic E-state index is 12.7. The highest BCUT2D eigenvalue weighted by atomic mass is 35.5. The predicted octanol–water partition coefficient (Wildman–Crippen LogP) is 3.49. The fourth-order valence-corrected chi connectivity index (χ4v) is 4.74. The molecule has 0 radical (unpaired) electrons. The van der Waals surface area contributed by atoms with Crippen LogP contribution in [0.2, 0.25) is 5.02 Å². The number of nitrogens with one attached hydrogen (secondary N) is 2. The van der Waals surface area contributed by atoms with Crippen molar-refractivity contribution in [2.75, 3.05) is 39.2 Å². The average Bonchev–Trinajstić information content (AvgIpc) is 2.83. The maximum Gasteiger partial charge on any atom is 0.241 e. The molecular weight excluding hydrogens is 466 g/mol. The van der Waals surface area contributed by atoms with Crippen molar-refractivity contribution in [3.05, 3.63) is 53.4 Å². The highest BCUT2D eigenvalue weighted by molar-refractivity contribution is 7.92. The molecule has 1 heterocycles. The fraction of sp³-hybridized carbons (Fsp3) is 0.348. The normalized spacial score (nSPS) is 14.6. The number of piperidine rings is 1. The summed E-state index contributed by atoms with van der Waals surface area (Å²) in [5.74, 6) is 1.15. The molecule has 0 atom stereocenters. The molecule has 10 heteroatoms. The van der Waals surface area contributed by atoms with Crippen LogP contribution in [0.25, 0.3) is 11.1 Å². The molecule has 1 aliphatic rings. The summed E-state index contributed by atoms with van der Waals surface area (Å²) < 4.78 is 36.6. The van der Waals surface area contributed by atoms with Crippen LogP contribution in [-0.2, 0) is 14.8 Å². The molecule has 1 fully saturated rings. The van der Waals surface area contributed by atoms with E-state index in [2.05, 4.69) is 16.6 Å². The van der Waals surface area contributed by atoms with E-state index in [9.17, 15) is 13.2 Å². The largest absolute Gasteiger partial charge is 0.497 e. The molecule has 0 bridgehead atoms. The Kier molecular flexibility index (Phi) is 8.23. The van der Waals surface area contributed by atoms with E-state index in [-0.39, 0.29) is 18.5 Å². The van der Waals surface area contributed by atoms with Crippen molar-refractivity contribution in [3.63, 3.8) is 0 Å². The molecule has 0 saturated carbocycles. The Morgan fingerprint density at radius 3 is 2.58 bits per heavy atom. The van der Waals surface area contributed by atoms with Gasteiger partial charge in [0.25, 0.3) is 0 Å². The number of carbonyl (C=O) groups excluding carboxylic acids is 1. The number of nitrogens with zero attached hydrogens (tertiary/aromatic N) is 1. The van der Waals surface area contributed by atoms with Gasteiger partial charge in [0.15, 0.2) is 0 Å². The van der Waals surface area contributed by atoms with Gasteiger partial charge in [-0.25, -0.2) is 13.1 Å². The number of hydrogen-bond donors (Lipinski definition) is 2. The summed E-state index contributed by atoms with van der Waals surface area (Å²) >= 11 is 6.49. The van der Waals surface area contributed by atoms with Gasteiger partial charge in [-0.05, 0) is 36.6 Å². The van der Waals surface area contributed by atoms with Gasteiger partial charge in [-0.3, -0.25) is 4.79 Å². The molecule has 178 valence electrons. The zero-order valence-corrected chi connectivity index (χ0v) is 20.2. The van der Waals surface area contributed by atoms with Crippen molar-refractivity contribution in [1.29, 1.82) is 0 Å². The Hall–Kier alpha value is -2.75. The van der Waals surface area contributed by atoms with E-state index in [4.69, 9.17) is 21.1 Å². The summed E-state index contributed by atoms with van der Waals surface area (Å²) in [5, 5.41) is 4.57. The van der Waals surface area contributed by atoms with Crippen molar-refractivity contribution in [2.24, 2.45) is 0 Å². The van der Waals surface area contributed by atoms with Crippen molar-refractivity contribution < 1.29 is 22.7 Å². The molecule has 2 aromatic carbocycles. The zero-order chi connectivity index (χ0) is 24.0. The Bertz CT molecular complexity index is 1120. The second kappa shape index (κ2) is 10.9. The van der Waals surface area contributed by atoms with Gasteiger partial charge in [0.1, 0.15) is 11.5 Å². The first kappa shape index (κ1) is 24.9. The first-order valence-corrected chi connectivity index (χ1v) is 12.4. The molecule has 0 unspecified atom stereocenters. The van der Waals surface area contributed by atoms with Crippen LogP contribution in [0.4, 0.5) is 5.69 Å². The lowest BCUT2D eigenvalue weighted by molar-refractivity contribution is -0.130. The zero-order valence-electron chi connectivity index (χ0n) is 18.6. The SMILES string of the molecule is C=CS(=O)(=O)NC1CCN(C(=O)CNc2cc(-c3cccc(OC)c3)c(Cl)cc2OC)CC1. The van der Waals surface area contributed by atoms with Gasteiger partial charge < -0.3 is 19.7 Å². The first-order valence-electron chi connectivity index (χ1n) is 10.4. The number of anilines is 1. The van der Waals surface area contributed by atoms with E-state index in [0.29, 0.717) is 48.1 Å². The van der Waals surface area contributed by atoms with Crippen LogP contribution in [0.3, 0.4) is 0 Å². The minimum absolute atomic E-state index is 0.0681.